The SMILES string of the molecule is Cc1c(C(C)N)sc2cc3c(cc12)OCCCO3. The molecule has 0 aliphatic carbocycles. The van der Waals surface area contributed by atoms with E-state index in [9.17, 15) is 0 Å². The molecule has 1 aliphatic rings. The van der Waals surface area contributed by atoms with Crippen LogP contribution in [0.25, 0.3) is 10.1 Å². The van der Waals surface area contributed by atoms with Gasteiger partial charge in [-0.2, -0.15) is 0 Å². The Bertz CT molecular complexity index is 589. The first kappa shape index (κ1) is 11.8. The smallest absolute Gasteiger partial charge is 0.162 e. The molecule has 1 aromatic carbocycles. The fraction of sp³-hybridized carbons (Fsp3) is 0.429. The molecule has 1 unspecified atom stereocenters. The van der Waals surface area contributed by atoms with Crippen LogP contribution in [0.2, 0.25) is 0 Å². The Kier molecular flexibility index (Phi) is 2.92. The van der Waals surface area contributed by atoms with Gasteiger partial charge >= 0.3 is 0 Å². The molecule has 0 fully saturated rings. The Hall–Kier alpha value is -1.26. The van der Waals surface area contributed by atoms with Gasteiger partial charge in [-0.05, 0) is 30.9 Å². The van der Waals surface area contributed by atoms with Gasteiger partial charge in [-0.3, -0.25) is 0 Å². The third-order valence-corrected chi connectivity index (χ3v) is 4.71. The second-order valence-corrected chi connectivity index (χ2v) is 5.81. The molecule has 0 amide bonds. The average molecular weight is 263 g/mol. The molecule has 2 heterocycles. The van der Waals surface area contributed by atoms with Gasteiger partial charge in [-0.25, -0.2) is 0 Å². The van der Waals surface area contributed by atoms with Crippen molar-refractivity contribution in [2.75, 3.05) is 13.2 Å². The van der Waals surface area contributed by atoms with E-state index in [2.05, 4.69) is 19.1 Å². The molecular weight excluding hydrogens is 246 g/mol. The molecule has 1 aliphatic heterocycles. The molecule has 18 heavy (non-hydrogen) atoms. The van der Waals surface area contributed by atoms with Crippen LogP contribution >= 0.6 is 11.3 Å². The number of thiophene rings is 1. The lowest BCUT2D eigenvalue weighted by molar-refractivity contribution is 0.297. The molecule has 1 aromatic heterocycles. The standard InChI is InChI=1S/C14H17NO2S/c1-8-10-6-11-12(17-5-3-4-16-11)7-13(10)18-14(8)9(2)15/h6-7,9H,3-5,15H2,1-2H3. The van der Waals surface area contributed by atoms with Gasteiger partial charge in [-0.15, -0.1) is 11.3 Å². The van der Waals surface area contributed by atoms with E-state index in [1.807, 2.05) is 6.92 Å². The minimum absolute atomic E-state index is 0.0732. The summed E-state index contributed by atoms with van der Waals surface area (Å²) in [5.74, 6) is 1.72. The number of benzene rings is 1. The van der Waals surface area contributed by atoms with Crippen LogP contribution in [-0.4, -0.2) is 13.2 Å². The van der Waals surface area contributed by atoms with Gasteiger partial charge in [0.15, 0.2) is 11.5 Å². The number of hydrogen-bond donors (Lipinski definition) is 1. The molecule has 0 saturated heterocycles. The molecule has 2 N–H and O–H groups in total. The number of hydrogen-bond acceptors (Lipinski definition) is 4. The first-order chi connectivity index (χ1) is 8.66. The average Bonchev–Trinajstić information content (AvgIpc) is 2.53. The Morgan fingerprint density at radius 2 is 1.89 bits per heavy atom. The van der Waals surface area contributed by atoms with Crippen molar-refractivity contribution in [3.8, 4) is 11.5 Å². The quantitative estimate of drug-likeness (QED) is 0.857. The van der Waals surface area contributed by atoms with E-state index in [0.717, 1.165) is 31.1 Å². The fourth-order valence-corrected chi connectivity index (χ4v) is 3.50. The van der Waals surface area contributed by atoms with Gasteiger partial charge in [0.05, 0.1) is 13.2 Å². The topological polar surface area (TPSA) is 44.5 Å². The van der Waals surface area contributed by atoms with Crippen LogP contribution in [0.3, 0.4) is 0 Å². The monoisotopic (exact) mass is 263 g/mol. The molecule has 3 rings (SSSR count). The minimum atomic E-state index is 0.0732. The molecule has 1 atom stereocenters. The van der Waals surface area contributed by atoms with Gasteiger partial charge in [0.1, 0.15) is 0 Å². The summed E-state index contributed by atoms with van der Waals surface area (Å²) in [6, 6.07) is 4.25. The molecular formula is C14H17NO2S. The minimum Gasteiger partial charge on any atom is -0.490 e. The summed E-state index contributed by atoms with van der Waals surface area (Å²) >= 11 is 1.75. The lowest BCUT2D eigenvalue weighted by atomic mass is 10.1. The highest BCUT2D eigenvalue weighted by Crippen LogP contribution is 2.41. The number of nitrogens with two attached hydrogens (primary N) is 1. The molecule has 0 bridgehead atoms. The van der Waals surface area contributed by atoms with Gasteiger partial charge in [0, 0.05) is 28.1 Å². The molecule has 96 valence electrons. The Labute approximate surface area is 111 Å². The summed E-state index contributed by atoms with van der Waals surface area (Å²) < 4.78 is 12.7. The second kappa shape index (κ2) is 4.44. The summed E-state index contributed by atoms with van der Waals surface area (Å²) in [5.41, 5.74) is 7.27. The summed E-state index contributed by atoms with van der Waals surface area (Å²) in [6.07, 6.45) is 0.937. The second-order valence-electron chi connectivity index (χ2n) is 4.73. The van der Waals surface area contributed by atoms with Gasteiger partial charge in [0.2, 0.25) is 0 Å². The lowest BCUT2D eigenvalue weighted by Gasteiger charge is -2.07. The zero-order chi connectivity index (χ0) is 12.7. The summed E-state index contributed by atoms with van der Waals surface area (Å²) in [6.45, 7) is 5.60. The van der Waals surface area contributed by atoms with Crippen molar-refractivity contribution in [2.45, 2.75) is 26.3 Å². The first-order valence-electron chi connectivity index (χ1n) is 6.25. The van der Waals surface area contributed by atoms with E-state index in [-0.39, 0.29) is 6.04 Å². The molecule has 3 nitrogen and oxygen atoms in total. The van der Waals surface area contributed by atoms with Crippen LogP contribution in [0.4, 0.5) is 0 Å². The van der Waals surface area contributed by atoms with E-state index < -0.39 is 0 Å². The van der Waals surface area contributed by atoms with E-state index in [1.54, 1.807) is 11.3 Å². The molecule has 2 aromatic rings. The maximum atomic E-state index is 6.00. The number of fused-ring (bicyclic) bond motifs is 2. The molecule has 0 radical (unpaired) electrons. The van der Waals surface area contributed by atoms with Crippen molar-refractivity contribution in [1.82, 2.24) is 0 Å². The zero-order valence-corrected chi connectivity index (χ0v) is 11.5. The molecule has 0 spiro atoms. The van der Waals surface area contributed by atoms with Crippen molar-refractivity contribution in [2.24, 2.45) is 5.73 Å². The largest absolute Gasteiger partial charge is 0.490 e. The van der Waals surface area contributed by atoms with Crippen molar-refractivity contribution in [3.63, 3.8) is 0 Å². The summed E-state index contributed by atoms with van der Waals surface area (Å²) in [5, 5.41) is 1.23. The van der Waals surface area contributed by atoms with Crippen LogP contribution in [-0.2, 0) is 0 Å². The van der Waals surface area contributed by atoms with Crippen molar-refractivity contribution < 1.29 is 9.47 Å². The Morgan fingerprint density at radius 3 is 2.56 bits per heavy atom. The Morgan fingerprint density at radius 1 is 1.22 bits per heavy atom. The Balaban J connectivity index is 2.19. The summed E-state index contributed by atoms with van der Waals surface area (Å²) in [7, 11) is 0. The first-order valence-corrected chi connectivity index (χ1v) is 7.06. The van der Waals surface area contributed by atoms with E-state index >= 15 is 0 Å². The predicted octanol–water partition coefficient (Wildman–Crippen LogP) is 3.39. The highest BCUT2D eigenvalue weighted by Gasteiger charge is 2.17. The van der Waals surface area contributed by atoms with Gasteiger partial charge in [0.25, 0.3) is 0 Å². The van der Waals surface area contributed by atoms with Crippen molar-refractivity contribution in [1.29, 1.82) is 0 Å². The zero-order valence-electron chi connectivity index (χ0n) is 10.7. The van der Waals surface area contributed by atoms with Crippen LogP contribution in [0.15, 0.2) is 12.1 Å². The van der Waals surface area contributed by atoms with Crippen LogP contribution in [0.1, 0.15) is 29.8 Å². The summed E-state index contributed by atoms with van der Waals surface area (Å²) in [4.78, 5) is 1.24. The van der Waals surface area contributed by atoms with Crippen molar-refractivity contribution >= 4 is 21.4 Å². The normalized spacial score (nSPS) is 16.6. The molecule has 4 heteroatoms. The third kappa shape index (κ3) is 1.85. The third-order valence-electron chi connectivity index (χ3n) is 3.26. The highest BCUT2D eigenvalue weighted by molar-refractivity contribution is 7.19. The number of rotatable bonds is 1. The van der Waals surface area contributed by atoms with E-state index in [0.29, 0.717) is 0 Å². The molecule has 0 saturated carbocycles. The van der Waals surface area contributed by atoms with Crippen LogP contribution < -0.4 is 15.2 Å². The maximum absolute atomic E-state index is 6.00. The maximum Gasteiger partial charge on any atom is 0.162 e. The highest BCUT2D eigenvalue weighted by atomic mass is 32.1. The van der Waals surface area contributed by atoms with Crippen LogP contribution in [0.5, 0.6) is 11.5 Å². The van der Waals surface area contributed by atoms with E-state index in [4.69, 9.17) is 15.2 Å². The van der Waals surface area contributed by atoms with Gasteiger partial charge < -0.3 is 15.2 Å². The van der Waals surface area contributed by atoms with Gasteiger partial charge in [-0.1, -0.05) is 0 Å². The lowest BCUT2D eigenvalue weighted by Crippen LogP contribution is -2.03. The number of aryl methyl sites for hydroxylation is 1. The van der Waals surface area contributed by atoms with Crippen molar-refractivity contribution in [3.05, 3.63) is 22.6 Å². The van der Waals surface area contributed by atoms with Crippen LogP contribution in [0, 0.1) is 6.92 Å². The predicted molar refractivity (Wildman–Crippen MR) is 74.8 cm³/mol. The van der Waals surface area contributed by atoms with E-state index in [1.165, 1.54) is 20.5 Å². The number of ether oxygens (including phenoxy) is 2. The fourth-order valence-electron chi connectivity index (χ4n) is 2.33.